The molecule has 2 heteroatoms. The molecule has 0 nitrogen and oxygen atoms in total. The quantitative estimate of drug-likeness (QED) is 0.254. The van der Waals surface area contributed by atoms with Crippen LogP contribution in [0.5, 0.6) is 0 Å². The summed E-state index contributed by atoms with van der Waals surface area (Å²) in [7, 11) is 0. The van der Waals surface area contributed by atoms with Crippen LogP contribution in [0.1, 0.15) is 20.3 Å². The summed E-state index contributed by atoms with van der Waals surface area (Å²) in [4.78, 5) is 0. The Morgan fingerprint density at radius 1 is 1.50 bits per heavy atom. The van der Waals surface area contributed by atoms with E-state index in [2.05, 4.69) is 20.3 Å². The van der Waals surface area contributed by atoms with Crippen LogP contribution in [-0.2, 0) is 0 Å². The molecule has 0 spiro atoms. The molecule has 0 atom stereocenters. The van der Waals surface area contributed by atoms with E-state index in [1.807, 2.05) is 0 Å². The van der Waals surface area contributed by atoms with Crippen molar-refractivity contribution in [3.63, 3.8) is 0 Å². The molecule has 0 aromatic heterocycles. The predicted molar refractivity (Wildman–Crippen MR) is 26.0 cm³/mol. The van der Waals surface area contributed by atoms with Gasteiger partial charge in [0.1, 0.15) is 0 Å². The Hall–Kier alpha value is 1.19. The van der Waals surface area contributed by atoms with Crippen molar-refractivity contribution in [2.45, 2.75) is 20.3 Å². The standard InChI is InChI=1S/C4H9.2Li/c1-3-4-2;;/h3H,4H2,1-2H3;;/q-1;;+1. The summed E-state index contributed by atoms with van der Waals surface area (Å²) >= 11 is 0. The van der Waals surface area contributed by atoms with Gasteiger partial charge < -0.3 is 6.42 Å². The summed E-state index contributed by atoms with van der Waals surface area (Å²) in [6, 6.07) is 0. The Kier molecular flexibility index (Phi) is 42.8. The van der Waals surface area contributed by atoms with Crippen molar-refractivity contribution < 1.29 is 18.9 Å². The molecule has 0 aliphatic carbocycles. The van der Waals surface area contributed by atoms with E-state index < -0.39 is 0 Å². The molecule has 1 radical (unpaired) electrons. The Morgan fingerprint density at radius 3 is 1.67 bits per heavy atom. The molecule has 0 aliphatic rings. The number of unbranched alkanes of at least 4 members (excludes halogenated alkanes) is 1. The van der Waals surface area contributed by atoms with Gasteiger partial charge in [-0.25, -0.2) is 0 Å². The van der Waals surface area contributed by atoms with Crippen molar-refractivity contribution in [2.24, 2.45) is 0 Å². The number of hydrogen-bond donors (Lipinski definition) is 0. The van der Waals surface area contributed by atoms with E-state index in [1.54, 1.807) is 0 Å². The molecule has 0 amide bonds. The van der Waals surface area contributed by atoms with E-state index in [1.165, 1.54) is 6.42 Å². The van der Waals surface area contributed by atoms with E-state index >= 15 is 0 Å². The zero-order chi connectivity index (χ0) is 3.41. The van der Waals surface area contributed by atoms with Crippen molar-refractivity contribution in [3.05, 3.63) is 6.42 Å². The summed E-state index contributed by atoms with van der Waals surface area (Å²) in [6.07, 6.45) is 3.32. The molecule has 0 saturated carbocycles. The van der Waals surface area contributed by atoms with Gasteiger partial charge >= 0.3 is 18.9 Å². The van der Waals surface area contributed by atoms with Crippen LogP contribution < -0.4 is 18.9 Å². The minimum Gasteiger partial charge on any atom is -0.332 e. The van der Waals surface area contributed by atoms with Gasteiger partial charge in [-0.1, -0.05) is 6.92 Å². The molecule has 0 aliphatic heterocycles. The predicted octanol–water partition coefficient (Wildman–Crippen LogP) is -1.76. The smallest absolute Gasteiger partial charge is 0.332 e. The molecule has 0 N–H and O–H groups in total. The molecule has 0 fully saturated rings. The van der Waals surface area contributed by atoms with Crippen molar-refractivity contribution in [3.8, 4) is 0 Å². The summed E-state index contributed by atoms with van der Waals surface area (Å²) in [5.74, 6) is 0. The first kappa shape index (κ1) is 15.7. The molecular weight excluding hydrogens is 61.9 g/mol. The molecule has 0 aromatic carbocycles. The van der Waals surface area contributed by atoms with E-state index in [0.29, 0.717) is 0 Å². The first-order valence-electron chi connectivity index (χ1n) is 1.69. The van der Waals surface area contributed by atoms with Gasteiger partial charge in [0.15, 0.2) is 0 Å². The van der Waals surface area contributed by atoms with Crippen LogP contribution >= 0.6 is 0 Å². The van der Waals surface area contributed by atoms with Crippen LogP contribution in [-0.4, -0.2) is 18.9 Å². The third-order valence-corrected chi connectivity index (χ3v) is 0.408. The number of rotatable bonds is 1. The van der Waals surface area contributed by atoms with Crippen LogP contribution in [0.25, 0.3) is 0 Å². The van der Waals surface area contributed by atoms with Crippen LogP contribution in [0, 0.1) is 6.42 Å². The molecule has 27 valence electrons. The zero-order valence-corrected chi connectivity index (χ0v) is 5.28. The minimum absolute atomic E-state index is 0. The zero-order valence-electron chi connectivity index (χ0n) is 5.28. The van der Waals surface area contributed by atoms with Crippen molar-refractivity contribution in [1.29, 1.82) is 0 Å². The van der Waals surface area contributed by atoms with Gasteiger partial charge in [-0.3, -0.25) is 0 Å². The molecule has 0 bridgehead atoms. The van der Waals surface area contributed by atoms with Crippen LogP contribution in [0.15, 0.2) is 0 Å². The van der Waals surface area contributed by atoms with E-state index in [0.717, 1.165) is 0 Å². The van der Waals surface area contributed by atoms with Crippen molar-refractivity contribution >= 4 is 18.9 Å². The molecular formula is C4H9Li2. The van der Waals surface area contributed by atoms with Crippen LogP contribution in [0.4, 0.5) is 0 Å². The fraction of sp³-hybridized carbons (Fsp3) is 0.750. The van der Waals surface area contributed by atoms with Crippen molar-refractivity contribution in [1.82, 2.24) is 0 Å². The second-order valence-electron chi connectivity index (χ2n) is 0.816. The van der Waals surface area contributed by atoms with E-state index in [9.17, 15) is 0 Å². The fourth-order valence-electron chi connectivity index (χ4n) is 0. The third-order valence-electron chi connectivity index (χ3n) is 0.408. The summed E-state index contributed by atoms with van der Waals surface area (Å²) in [6.45, 7) is 4.18. The minimum atomic E-state index is 0. The average Bonchev–Trinajstić information content (AvgIpc) is 1.37. The number of hydrogen-bond acceptors (Lipinski definition) is 0. The second kappa shape index (κ2) is 16.4. The fourth-order valence-corrected chi connectivity index (χ4v) is 0. The van der Waals surface area contributed by atoms with Crippen LogP contribution in [0.3, 0.4) is 0 Å². The SMILES string of the molecule is C[CH-]CC.[Li+].[Li]. The van der Waals surface area contributed by atoms with Gasteiger partial charge in [0, 0.05) is 18.9 Å². The Balaban J connectivity index is -0.0000000450. The Bertz CT molecular complexity index is 7.51. The molecule has 0 heterocycles. The maximum absolute atomic E-state index is 2.12. The van der Waals surface area contributed by atoms with Gasteiger partial charge in [0.05, 0.1) is 0 Å². The summed E-state index contributed by atoms with van der Waals surface area (Å²) in [5.41, 5.74) is 0. The maximum atomic E-state index is 2.12. The van der Waals surface area contributed by atoms with E-state index in [4.69, 9.17) is 0 Å². The maximum Gasteiger partial charge on any atom is 1.00 e. The van der Waals surface area contributed by atoms with Gasteiger partial charge in [-0.15, -0.1) is 0 Å². The molecule has 0 rings (SSSR count). The Morgan fingerprint density at radius 2 is 1.67 bits per heavy atom. The monoisotopic (exact) mass is 71.1 g/mol. The van der Waals surface area contributed by atoms with E-state index in [-0.39, 0.29) is 37.7 Å². The second-order valence-corrected chi connectivity index (χ2v) is 0.816. The van der Waals surface area contributed by atoms with Gasteiger partial charge in [-0.05, 0) is 0 Å². The molecule has 0 aromatic rings. The molecule has 0 saturated heterocycles. The van der Waals surface area contributed by atoms with Gasteiger partial charge in [0.25, 0.3) is 0 Å². The van der Waals surface area contributed by atoms with Gasteiger partial charge in [0.2, 0.25) is 0 Å². The van der Waals surface area contributed by atoms with Crippen LogP contribution in [0.2, 0.25) is 0 Å². The third kappa shape index (κ3) is 19.0. The summed E-state index contributed by atoms with van der Waals surface area (Å²) < 4.78 is 0. The Labute approximate surface area is 64.4 Å². The normalized spacial score (nSPS) is 5.00. The first-order chi connectivity index (χ1) is 1.91. The first-order valence-corrected chi connectivity index (χ1v) is 1.69. The topological polar surface area (TPSA) is 0 Å². The summed E-state index contributed by atoms with van der Waals surface area (Å²) in [5, 5.41) is 0. The van der Waals surface area contributed by atoms with Gasteiger partial charge in [-0.2, -0.15) is 13.3 Å². The molecule has 6 heavy (non-hydrogen) atoms. The molecule has 0 unspecified atom stereocenters. The largest absolute Gasteiger partial charge is 1.00 e. The average molecular weight is 71.0 g/mol. The van der Waals surface area contributed by atoms with Crippen molar-refractivity contribution in [2.75, 3.05) is 0 Å².